The van der Waals surface area contributed by atoms with Crippen molar-refractivity contribution in [3.05, 3.63) is 17.8 Å². The van der Waals surface area contributed by atoms with E-state index in [9.17, 15) is 4.79 Å². The zero-order chi connectivity index (χ0) is 15.8. The predicted molar refractivity (Wildman–Crippen MR) is 86.1 cm³/mol. The van der Waals surface area contributed by atoms with E-state index in [1.807, 2.05) is 19.1 Å². The Morgan fingerprint density at radius 2 is 2.13 bits per heavy atom. The molecule has 3 aliphatic rings. The van der Waals surface area contributed by atoms with Crippen molar-refractivity contribution in [1.82, 2.24) is 15.5 Å². The SMILES string of the molecule is Cc1ccc(N2CC[C@H]3O[C@H](C(=O)NCC4CC4)CC[C@H]32)nn1. The quantitative estimate of drug-likeness (QED) is 0.910. The van der Waals surface area contributed by atoms with Gasteiger partial charge < -0.3 is 15.0 Å². The molecule has 3 atom stereocenters. The first-order valence-electron chi connectivity index (χ1n) is 8.71. The second kappa shape index (κ2) is 6.07. The average Bonchev–Trinajstić information content (AvgIpc) is 3.31. The van der Waals surface area contributed by atoms with Gasteiger partial charge in [-0.05, 0) is 57.1 Å². The van der Waals surface area contributed by atoms with Crippen molar-refractivity contribution < 1.29 is 9.53 Å². The highest BCUT2D eigenvalue weighted by atomic mass is 16.5. The Morgan fingerprint density at radius 3 is 2.87 bits per heavy atom. The molecule has 3 heterocycles. The largest absolute Gasteiger partial charge is 0.363 e. The number of rotatable bonds is 4. The lowest BCUT2D eigenvalue weighted by Crippen LogP contribution is -2.48. The van der Waals surface area contributed by atoms with Crippen LogP contribution in [0.2, 0.25) is 0 Å². The fourth-order valence-corrected chi connectivity index (χ4v) is 3.63. The van der Waals surface area contributed by atoms with Crippen LogP contribution in [-0.4, -0.2) is 47.4 Å². The van der Waals surface area contributed by atoms with E-state index in [0.717, 1.165) is 43.9 Å². The molecule has 1 aliphatic carbocycles. The molecule has 6 nitrogen and oxygen atoms in total. The maximum Gasteiger partial charge on any atom is 0.249 e. The second-order valence-corrected chi connectivity index (χ2v) is 7.01. The highest BCUT2D eigenvalue weighted by Gasteiger charge is 2.42. The number of nitrogens with zero attached hydrogens (tertiary/aromatic N) is 3. The van der Waals surface area contributed by atoms with Crippen molar-refractivity contribution >= 4 is 11.7 Å². The van der Waals surface area contributed by atoms with Gasteiger partial charge in [0.2, 0.25) is 5.91 Å². The molecule has 0 unspecified atom stereocenters. The molecule has 0 spiro atoms. The number of hydrogen-bond donors (Lipinski definition) is 1. The number of anilines is 1. The Labute approximate surface area is 136 Å². The summed E-state index contributed by atoms with van der Waals surface area (Å²) < 4.78 is 6.10. The first-order valence-corrected chi connectivity index (χ1v) is 8.71. The van der Waals surface area contributed by atoms with E-state index in [2.05, 4.69) is 20.4 Å². The summed E-state index contributed by atoms with van der Waals surface area (Å²) in [6.07, 6.45) is 5.07. The third-order valence-electron chi connectivity index (χ3n) is 5.18. The van der Waals surface area contributed by atoms with Crippen LogP contribution in [-0.2, 0) is 9.53 Å². The number of hydrogen-bond acceptors (Lipinski definition) is 5. The standard InChI is InChI=1S/C17H24N4O2/c1-11-2-7-16(20-19-11)21-9-8-14-13(21)5-6-15(23-14)17(22)18-10-12-3-4-12/h2,7,12-15H,3-6,8-10H2,1H3,(H,18,22)/t13-,14-,15+/m1/s1. The van der Waals surface area contributed by atoms with Crippen LogP contribution in [0.1, 0.15) is 37.8 Å². The maximum absolute atomic E-state index is 12.2. The fraction of sp³-hybridized carbons (Fsp3) is 0.706. The minimum atomic E-state index is -0.279. The van der Waals surface area contributed by atoms with E-state index in [0.29, 0.717) is 12.0 Å². The van der Waals surface area contributed by atoms with Gasteiger partial charge >= 0.3 is 0 Å². The Hall–Kier alpha value is -1.69. The highest BCUT2D eigenvalue weighted by molar-refractivity contribution is 5.81. The van der Waals surface area contributed by atoms with Gasteiger partial charge in [-0.2, -0.15) is 5.10 Å². The zero-order valence-corrected chi connectivity index (χ0v) is 13.6. The number of carbonyl (C=O) groups is 1. The Morgan fingerprint density at radius 1 is 1.26 bits per heavy atom. The van der Waals surface area contributed by atoms with Gasteiger partial charge in [-0.1, -0.05) is 0 Å². The van der Waals surface area contributed by atoms with Crippen LogP contribution in [0.15, 0.2) is 12.1 Å². The summed E-state index contributed by atoms with van der Waals surface area (Å²) in [6, 6.07) is 4.34. The van der Waals surface area contributed by atoms with E-state index >= 15 is 0 Å². The molecule has 2 aliphatic heterocycles. The molecule has 1 aromatic heterocycles. The molecule has 2 saturated heterocycles. The van der Waals surface area contributed by atoms with Crippen LogP contribution in [0.3, 0.4) is 0 Å². The Kier molecular flexibility index (Phi) is 3.93. The number of carbonyl (C=O) groups excluding carboxylic acids is 1. The molecule has 124 valence electrons. The maximum atomic E-state index is 12.2. The first kappa shape index (κ1) is 14.9. The number of aromatic nitrogens is 2. The topological polar surface area (TPSA) is 67.3 Å². The smallest absolute Gasteiger partial charge is 0.249 e. The fourth-order valence-electron chi connectivity index (χ4n) is 3.63. The molecule has 1 N–H and O–H groups in total. The van der Waals surface area contributed by atoms with Gasteiger partial charge in [0.15, 0.2) is 5.82 Å². The van der Waals surface area contributed by atoms with Crippen molar-refractivity contribution in [2.75, 3.05) is 18.0 Å². The van der Waals surface area contributed by atoms with Crippen molar-refractivity contribution in [1.29, 1.82) is 0 Å². The summed E-state index contributed by atoms with van der Waals surface area (Å²) in [6.45, 7) is 3.68. The first-order chi connectivity index (χ1) is 11.2. The normalized spacial score (nSPS) is 30.1. The summed E-state index contributed by atoms with van der Waals surface area (Å²) in [5, 5.41) is 11.5. The molecule has 3 fully saturated rings. The highest BCUT2D eigenvalue weighted by Crippen LogP contribution is 2.34. The molecule has 23 heavy (non-hydrogen) atoms. The van der Waals surface area contributed by atoms with Gasteiger partial charge in [0.25, 0.3) is 0 Å². The molecular formula is C17H24N4O2. The predicted octanol–water partition coefficient (Wildman–Crippen LogP) is 1.44. The van der Waals surface area contributed by atoms with Crippen molar-refractivity contribution in [2.45, 2.75) is 57.3 Å². The summed E-state index contributed by atoms with van der Waals surface area (Å²) >= 11 is 0. The van der Waals surface area contributed by atoms with Crippen molar-refractivity contribution in [3.8, 4) is 0 Å². The molecule has 0 aromatic carbocycles. The van der Waals surface area contributed by atoms with Gasteiger partial charge in [0.05, 0.1) is 17.8 Å². The van der Waals surface area contributed by atoms with Crippen LogP contribution >= 0.6 is 0 Å². The molecule has 1 saturated carbocycles. The lowest BCUT2D eigenvalue weighted by molar-refractivity contribution is -0.141. The Balaban J connectivity index is 1.36. The van der Waals surface area contributed by atoms with Crippen LogP contribution in [0.25, 0.3) is 0 Å². The number of nitrogens with one attached hydrogen (secondary N) is 1. The van der Waals surface area contributed by atoms with E-state index < -0.39 is 0 Å². The molecule has 4 rings (SSSR count). The average molecular weight is 316 g/mol. The number of ether oxygens (including phenoxy) is 1. The van der Waals surface area contributed by atoms with Crippen LogP contribution in [0.5, 0.6) is 0 Å². The molecular weight excluding hydrogens is 292 g/mol. The van der Waals surface area contributed by atoms with Crippen LogP contribution in [0, 0.1) is 12.8 Å². The van der Waals surface area contributed by atoms with Gasteiger partial charge in [-0.25, -0.2) is 0 Å². The minimum absolute atomic E-state index is 0.0731. The molecule has 0 radical (unpaired) electrons. The second-order valence-electron chi connectivity index (χ2n) is 7.01. The summed E-state index contributed by atoms with van der Waals surface area (Å²) in [4.78, 5) is 14.5. The number of aryl methyl sites for hydroxylation is 1. The number of fused-ring (bicyclic) bond motifs is 1. The van der Waals surface area contributed by atoms with Crippen LogP contribution in [0.4, 0.5) is 5.82 Å². The monoisotopic (exact) mass is 316 g/mol. The third-order valence-corrected chi connectivity index (χ3v) is 5.18. The lowest BCUT2D eigenvalue weighted by Gasteiger charge is -2.35. The van der Waals surface area contributed by atoms with Gasteiger partial charge in [-0.3, -0.25) is 4.79 Å². The van der Waals surface area contributed by atoms with Gasteiger partial charge in [0.1, 0.15) is 6.10 Å². The molecule has 6 heteroatoms. The van der Waals surface area contributed by atoms with E-state index in [1.54, 1.807) is 0 Å². The van der Waals surface area contributed by atoms with E-state index in [4.69, 9.17) is 4.74 Å². The van der Waals surface area contributed by atoms with E-state index in [1.165, 1.54) is 12.8 Å². The third kappa shape index (κ3) is 3.17. The van der Waals surface area contributed by atoms with Crippen molar-refractivity contribution in [3.63, 3.8) is 0 Å². The van der Waals surface area contributed by atoms with Gasteiger partial charge in [0, 0.05) is 13.1 Å². The summed E-state index contributed by atoms with van der Waals surface area (Å²) in [7, 11) is 0. The Bertz CT molecular complexity index is 572. The zero-order valence-electron chi connectivity index (χ0n) is 13.6. The van der Waals surface area contributed by atoms with Gasteiger partial charge in [-0.15, -0.1) is 5.10 Å². The number of amides is 1. The molecule has 1 amide bonds. The molecule has 1 aromatic rings. The van der Waals surface area contributed by atoms with Crippen molar-refractivity contribution in [2.24, 2.45) is 5.92 Å². The summed E-state index contributed by atoms with van der Waals surface area (Å²) in [5.74, 6) is 1.70. The minimum Gasteiger partial charge on any atom is -0.363 e. The van der Waals surface area contributed by atoms with E-state index in [-0.39, 0.29) is 18.1 Å². The lowest BCUT2D eigenvalue weighted by atomic mass is 9.98. The molecule has 0 bridgehead atoms. The van der Waals surface area contributed by atoms with Crippen LogP contribution < -0.4 is 10.2 Å². The summed E-state index contributed by atoms with van der Waals surface area (Å²) in [5.41, 5.74) is 0.928.